The van der Waals surface area contributed by atoms with Crippen LogP contribution in [0.25, 0.3) is 0 Å². The van der Waals surface area contributed by atoms with Crippen LogP contribution >= 0.6 is 0 Å². The van der Waals surface area contributed by atoms with E-state index in [1.54, 1.807) is 26.2 Å². The number of benzene rings is 1. The second-order valence-electron chi connectivity index (χ2n) is 5.45. The molecule has 0 spiro atoms. The summed E-state index contributed by atoms with van der Waals surface area (Å²) < 4.78 is 0. The lowest BCUT2D eigenvalue weighted by molar-refractivity contribution is -0.123. The molecule has 2 amide bonds. The predicted octanol–water partition coefficient (Wildman–Crippen LogP) is 1.30. The van der Waals surface area contributed by atoms with E-state index in [9.17, 15) is 9.59 Å². The summed E-state index contributed by atoms with van der Waals surface area (Å²) in [7, 11) is 3.26. The number of nitrogens with one attached hydrogen (secondary N) is 3. The highest BCUT2D eigenvalue weighted by molar-refractivity contribution is 5.93. The van der Waals surface area contributed by atoms with Gasteiger partial charge >= 0.3 is 0 Å². The van der Waals surface area contributed by atoms with Gasteiger partial charge in [-0.2, -0.15) is 0 Å². The number of carbonyl (C=O) groups is 2. The van der Waals surface area contributed by atoms with Crippen LogP contribution in [0.3, 0.4) is 0 Å². The van der Waals surface area contributed by atoms with Crippen molar-refractivity contribution >= 4 is 11.8 Å². The van der Waals surface area contributed by atoms with Crippen LogP contribution in [0.2, 0.25) is 0 Å². The first kappa shape index (κ1) is 17.2. The highest BCUT2D eigenvalue weighted by Crippen LogP contribution is 2.08. The molecule has 0 fully saturated rings. The summed E-state index contributed by atoms with van der Waals surface area (Å²) in [6.07, 6.45) is 0.788. The normalized spacial score (nSPS) is 12.0. The van der Waals surface area contributed by atoms with Crippen molar-refractivity contribution in [2.45, 2.75) is 32.9 Å². The second kappa shape index (κ2) is 8.42. The Bertz CT molecular complexity index is 469. The lowest BCUT2D eigenvalue weighted by Gasteiger charge is -2.19. The van der Waals surface area contributed by atoms with Gasteiger partial charge in [0.25, 0.3) is 5.91 Å². The first-order chi connectivity index (χ1) is 9.97. The molecule has 5 nitrogen and oxygen atoms in total. The van der Waals surface area contributed by atoms with Gasteiger partial charge in [0.05, 0.1) is 6.04 Å². The van der Waals surface area contributed by atoms with Gasteiger partial charge in [-0.3, -0.25) is 9.59 Å². The van der Waals surface area contributed by atoms with Crippen LogP contribution in [-0.2, 0) is 11.3 Å². The number of hydrogen-bond donors (Lipinski definition) is 3. The maximum Gasteiger partial charge on any atom is 0.251 e. The summed E-state index contributed by atoms with van der Waals surface area (Å²) in [6.45, 7) is 4.78. The van der Waals surface area contributed by atoms with Crippen LogP contribution in [0.5, 0.6) is 0 Å². The maximum atomic E-state index is 11.8. The van der Waals surface area contributed by atoms with Gasteiger partial charge in [-0.05, 0) is 30.0 Å². The van der Waals surface area contributed by atoms with Gasteiger partial charge in [-0.15, -0.1) is 0 Å². The van der Waals surface area contributed by atoms with Crippen molar-refractivity contribution < 1.29 is 9.59 Å². The smallest absolute Gasteiger partial charge is 0.251 e. The van der Waals surface area contributed by atoms with Gasteiger partial charge < -0.3 is 16.0 Å². The van der Waals surface area contributed by atoms with Crippen LogP contribution in [-0.4, -0.2) is 32.0 Å². The SMILES string of the molecule is CNC(=O)c1ccc(CNC(CC(C)C)C(=O)NC)cc1. The Labute approximate surface area is 126 Å². The van der Waals surface area contributed by atoms with Gasteiger partial charge in [-0.1, -0.05) is 26.0 Å². The highest BCUT2D eigenvalue weighted by Gasteiger charge is 2.17. The van der Waals surface area contributed by atoms with E-state index >= 15 is 0 Å². The van der Waals surface area contributed by atoms with E-state index in [0.717, 1.165) is 12.0 Å². The third-order valence-electron chi connectivity index (χ3n) is 3.27. The fraction of sp³-hybridized carbons (Fsp3) is 0.500. The minimum absolute atomic E-state index is 0.00526. The van der Waals surface area contributed by atoms with Crippen molar-refractivity contribution in [3.05, 3.63) is 35.4 Å². The van der Waals surface area contributed by atoms with Gasteiger partial charge in [0.15, 0.2) is 0 Å². The summed E-state index contributed by atoms with van der Waals surface area (Å²) in [5, 5.41) is 8.54. The Hall–Kier alpha value is -1.88. The molecular formula is C16H25N3O2. The zero-order valence-electron chi connectivity index (χ0n) is 13.2. The first-order valence-corrected chi connectivity index (χ1v) is 7.24. The van der Waals surface area contributed by atoms with Crippen LogP contribution in [0, 0.1) is 5.92 Å². The Kier molecular flexibility index (Phi) is 6.88. The van der Waals surface area contributed by atoms with Crippen LogP contribution in [0.4, 0.5) is 0 Å². The first-order valence-electron chi connectivity index (χ1n) is 7.24. The molecule has 116 valence electrons. The molecule has 0 bridgehead atoms. The number of hydrogen-bond acceptors (Lipinski definition) is 3. The van der Waals surface area contributed by atoms with Crippen molar-refractivity contribution in [1.29, 1.82) is 0 Å². The maximum absolute atomic E-state index is 11.8. The lowest BCUT2D eigenvalue weighted by Crippen LogP contribution is -2.43. The molecule has 1 rings (SSSR count). The number of carbonyl (C=O) groups excluding carboxylic acids is 2. The van der Waals surface area contributed by atoms with E-state index in [4.69, 9.17) is 0 Å². The van der Waals surface area contributed by atoms with E-state index < -0.39 is 0 Å². The topological polar surface area (TPSA) is 70.2 Å². The largest absolute Gasteiger partial charge is 0.358 e. The molecule has 0 aliphatic heterocycles. The summed E-state index contributed by atoms with van der Waals surface area (Å²) in [4.78, 5) is 23.3. The van der Waals surface area contributed by atoms with Crippen molar-refractivity contribution in [2.24, 2.45) is 5.92 Å². The zero-order chi connectivity index (χ0) is 15.8. The molecule has 1 atom stereocenters. The van der Waals surface area contributed by atoms with Crippen LogP contribution < -0.4 is 16.0 Å². The third-order valence-corrected chi connectivity index (χ3v) is 3.27. The molecule has 5 heteroatoms. The molecule has 0 radical (unpaired) electrons. The summed E-state index contributed by atoms with van der Waals surface area (Å²) in [6, 6.07) is 7.16. The van der Waals surface area contributed by atoms with Gasteiger partial charge in [0, 0.05) is 26.2 Å². The molecule has 21 heavy (non-hydrogen) atoms. The predicted molar refractivity (Wildman–Crippen MR) is 84.0 cm³/mol. The quantitative estimate of drug-likeness (QED) is 0.709. The number of rotatable bonds is 7. The lowest BCUT2D eigenvalue weighted by atomic mass is 10.0. The number of likely N-dealkylation sites (N-methyl/N-ethyl adjacent to an activating group) is 1. The molecule has 0 saturated heterocycles. The van der Waals surface area contributed by atoms with E-state index in [0.29, 0.717) is 18.0 Å². The molecule has 0 aromatic heterocycles. The monoisotopic (exact) mass is 291 g/mol. The molecular weight excluding hydrogens is 266 g/mol. The van der Waals surface area contributed by atoms with Gasteiger partial charge in [-0.25, -0.2) is 0 Å². The van der Waals surface area contributed by atoms with Crippen molar-refractivity contribution in [1.82, 2.24) is 16.0 Å². The van der Waals surface area contributed by atoms with E-state index in [1.165, 1.54) is 0 Å². The Morgan fingerprint density at radius 3 is 2.14 bits per heavy atom. The van der Waals surface area contributed by atoms with E-state index in [1.807, 2.05) is 12.1 Å². The standard InChI is InChI=1S/C16H25N3O2/c1-11(2)9-14(16(21)18-4)19-10-12-5-7-13(8-6-12)15(20)17-3/h5-8,11,14,19H,9-10H2,1-4H3,(H,17,20)(H,18,21). The fourth-order valence-electron chi connectivity index (χ4n) is 2.09. The van der Waals surface area contributed by atoms with Crippen LogP contribution in [0.15, 0.2) is 24.3 Å². The second-order valence-corrected chi connectivity index (χ2v) is 5.45. The van der Waals surface area contributed by atoms with Crippen molar-refractivity contribution in [2.75, 3.05) is 14.1 Å². The van der Waals surface area contributed by atoms with Crippen molar-refractivity contribution in [3.63, 3.8) is 0 Å². The summed E-state index contributed by atoms with van der Waals surface area (Å²) >= 11 is 0. The molecule has 1 unspecified atom stereocenters. The molecule has 0 heterocycles. The zero-order valence-corrected chi connectivity index (χ0v) is 13.2. The molecule has 3 N–H and O–H groups in total. The van der Waals surface area contributed by atoms with E-state index in [-0.39, 0.29) is 17.9 Å². The minimum Gasteiger partial charge on any atom is -0.358 e. The van der Waals surface area contributed by atoms with Gasteiger partial charge in [0.2, 0.25) is 5.91 Å². The molecule has 0 saturated carbocycles. The van der Waals surface area contributed by atoms with E-state index in [2.05, 4.69) is 29.8 Å². The highest BCUT2D eigenvalue weighted by atomic mass is 16.2. The Morgan fingerprint density at radius 2 is 1.67 bits per heavy atom. The Morgan fingerprint density at radius 1 is 1.05 bits per heavy atom. The molecule has 0 aliphatic rings. The summed E-state index contributed by atoms with van der Waals surface area (Å²) in [5.41, 5.74) is 1.67. The molecule has 1 aromatic carbocycles. The Balaban J connectivity index is 2.63. The minimum atomic E-state index is -0.200. The van der Waals surface area contributed by atoms with Crippen LogP contribution in [0.1, 0.15) is 36.2 Å². The molecule has 1 aromatic rings. The molecule has 0 aliphatic carbocycles. The van der Waals surface area contributed by atoms with Crippen molar-refractivity contribution in [3.8, 4) is 0 Å². The fourth-order valence-corrected chi connectivity index (χ4v) is 2.09. The van der Waals surface area contributed by atoms with Gasteiger partial charge in [0.1, 0.15) is 0 Å². The summed E-state index contributed by atoms with van der Waals surface area (Å²) in [5.74, 6) is 0.346. The number of amides is 2. The third kappa shape index (κ3) is 5.55. The average Bonchev–Trinajstić information content (AvgIpc) is 2.50. The average molecular weight is 291 g/mol.